The van der Waals surface area contributed by atoms with Crippen molar-refractivity contribution >= 4 is 5.69 Å². The van der Waals surface area contributed by atoms with E-state index in [9.17, 15) is 0 Å². The van der Waals surface area contributed by atoms with Crippen LogP contribution in [0.4, 0.5) is 5.69 Å². The molecule has 1 aromatic heterocycles. The van der Waals surface area contributed by atoms with Crippen LogP contribution in [0.25, 0.3) is 0 Å². The van der Waals surface area contributed by atoms with Crippen LogP contribution in [-0.2, 0) is 6.54 Å². The summed E-state index contributed by atoms with van der Waals surface area (Å²) in [6, 6.07) is 7.96. The van der Waals surface area contributed by atoms with Crippen molar-refractivity contribution in [3.63, 3.8) is 0 Å². The van der Waals surface area contributed by atoms with Gasteiger partial charge in [0.1, 0.15) is 0 Å². The van der Waals surface area contributed by atoms with Crippen LogP contribution in [0.2, 0.25) is 0 Å². The minimum atomic E-state index is 0.240. The maximum absolute atomic E-state index is 5.43. The van der Waals surface area contributed by atoms with Gasteiger partial charge in [-0.05, 0) is 43.7 Å². The normalized spacial score (nSPS) is 12.3. The van der Waals surface area contributed by atoms with Crippen molar-refractivity contribution in [3.05, 3.63) is 41.2 Å². The summed E-state index contributed by atoms with van der Waals surface area (Å²) in [6.07, 6.45) is 0. The molecule has 0 fully saturated rings. The largest absolute Gasteiger partial charge is 0.493 e. The highest BCUT2D eigenvalue weighted by atomic mass is 16.7. The lowest BCUT2D eigenvalue weighted by atomic mass is 10.1. The monoisotopic (exact) mass is 286 g/mol. The zero-order valence-electron chi connectivity index (χ0n) is 12.4. The highest BCUT2D eigenvalue weighted by Crippen LogP contribution is 2.41. The first-order valence-electron chi connectivity index (χ1n) is 6.82. The zero-order valence-corrected chi connectivity index (χ0v) is 12.4. The SMILES string of the molecule is COc1cc(CNc2ccc(C)nc2C)cc2c1OCO2. The summed E-state index contributed by atoms with van der Waals surface area (Å²) in [5.74, 6) is 2.10. The average molecular weight is 286 g/mol. The van der Waals surface area contributed by atoms with Crippen molar-refractivity contribution in [2.75, 3.05) is 19.2 Å². The molecule has 1 aliphatic rings. The summed E-state index contributed by atoms with van der Waals surface area (Å²) in [7, 11) is 1.63. The van der Waals surface area contributed by atoms with Crippen LogP contribution in [0, 0.1) is 13.8 Å². The van der Waals surface area contributed by atoms with Crippen LogP contribution >= 0.6 is 0 Å². The van der Waals surface area contributed by atoms with Gasteiger partial charge in [-0.3, -0.25) is 4.98 Å². The van der Waals surface area contributed by atoms with Crippen LogP contribution in [0.3, 0.4) is 0 Å². The molecular weight excluding hydrogens is 268 g/mol. The number of hydrogen-bond donors (Lipinski definition) is 1. The quantitative estimate of drug-likeness (QED) is 0.936. The number of benzene rings is 1. The first-order chi connectivity index (χ1) is 10.2. The number of nitrogens with zero attached hydrogens (tertiary/aromatic N) is 1. The lowest BCUT2D eigenvalue weighted by Crippen LogP contribution is -2.03. The van der Waals surface area contributed by atoms with Gasteiger partial charge < -0.3 is 19.5 Å². The average Bonchev–Trinajstić information content (AvgIpc) is 2.93. The molecular formula is C16H18N2O3. The molecule has 1 aliphatic heterocycles. The van der Waals surface area contributed by atoms with Crippen molar-refractivity contribution in [2.24, 2.45) is 0 Å². The molecule has 1 aromatic carbocycles. The maximum Gasteiger partial charge on any atom is 0.231 e. The van der Waals surface area contributed by atoms with Crippen molar-refractivity contribution in [3.8, 4) is 17.2 Å². The van der Waals surface area contributed by atoms with E-state index in [1.807, 2.05) is 38.1 Å². The Labute approximate surface area is 123 Å². The predicted molar refractivity (Wildman–Crippen MR) is 80.2 cm³/mol. The van der Waals surface area contributed by atoms with Gasteiger partial charge in [0.25, 0.3) is 0 Å². The molecule has 21 heavy (non-hydrogen) atoms. The Morgan fingerprint density at radius 1 is 1.24 bits per heavy atom. The molecule has 1 N–H and O–H groups in total. The van der Waals surface area contributed by atoms with Gasteiger partial charge in [0, 0.05) is 12.2 Å². The summed E-state index contributed by atoms with van der Waals surface area (Å²) in [6.45, 7) is 4.89. The highest BCUT2D eigenvalue weighted by molar-refractivity contribution is 5.56. The fourth-order valence-corrected chi connectivity index (χ4v) is 2.36. The van der Waals surface area contributed by atoms with Crippen molar-refractivity contribution in [2.45, 2.75) is 20.4 Å². The number of ether oxygens (including phenoxy) is 3. The van der Waals surface area contributed by atoms with Crippen LogP contribution in [-0.4, -0.2) is 18.9 Å². The molecule has 0 saturated heterocycles. The Kier molecular flexibility index (Phi) is 3.56. The highest BCUT2D eigenvalue weighted by Gasteiger charge is 2.19. The first kappa shape index (κ1) is 13.5. The van der Waals surface area contributed by atoms with Gasteiger partial charge in [-0.2, -0.15) is 0 Å². The van der Waals surface area contributed by atoms with Crippen LogP contribution in [0.1, 0.15) is 17.0 Å². The standard InChI is InChI=1S/C16H18N2O3/c1-10-4-5-13(11(2)18-10)17-8-12-6-14(19-3)16-15(7-12)20-9-21-16/h4-7,17H,8-9H2,1-3H3. The molecule has 2 heterocycles. The molecule has 0 amide bonds. The fraction of sp³-hybridized carbons (Fsp3) is 0.312. The van der Waals surface area contributed by atoms with Crippen molar-refractivity contribution < 1.29 is 14.2 Å². The summed E-state index contributed by atoms with van der Waals surface area (Å²) in [4.78, 5) is 4.45. The predicted octanol–water partition coefficient (Wildman–Crippen LogP) is 3.05. The Balaban J connectivity index is 1.79. The molecule has 0 atom stereocenters. The molecule has 0 aliphatic carbocycles. The Hall–Kier alpha value is -2.43. The molecule has 0 radical (unpaired) electrons. The lowest BCUT2D eigenvalue weighted by Gasteiger charge is -2.11. The van der Waals surface area contributed by atoms with Crippen LogP contribution < -0.4 is 19.5 Å². The molecule has 5 nitrogen and oxygen atoms in total. The third-order valence-electron chi connectivity index (χ3n) is 3.43. The van der Waals surface area contributed by atoms with Gasteiger partial charge in [-0.25, -0.2) is 0 Å². The van der Waals surface area contributed by atoms with E-state index in [4.69, 9.17) is 14.2 Å². The second kappa shape index (κ2) is 5.52. The first-order valence-corrected chi connectivity index (χ1v) is 6.82. The summed E-state index contributed by atoms with van der Waals surface area (Å²) < 4.78 is 16.2. The number of nitrogens with one attached hydrogen (secondary N) is 1. The van der Waals surface area contributed by atoms with E-state index < -0.39 is 0 Å². The molecule has 5 heteroatoms. The van der Waals surface area contributed by atoms with E-state index in [0.29, 0.717) is 18.0 Å². The van der Waals surface area contributed by atoms with Gasteiger partial charge >= 0.3 is 0 Å². The van der Waals surface area contributed by atoms with E-state index in [0.717, 1.165) is 28.4 Å². The number of aryl methyl sites for hydroxylation is 2. The maximum atomic E-state index is 5.43. The van der Waals surface area contributed by atoms with E-state index in [2.05, 4.69) is 10.3 Å². The molecule has 2 aromatic rings. The number of methoxy groups -OCH3 is 1. The summed E-state index contributed by atoms with van der Waals surface area (Å²) >= 11 is 0. The van der Waals surface area contributed by atoms with Crippen LogP contribution in [0.15, 0.2) is 24.3 Å². The molecule has 0 unspecified atom stereocenters. The Morgan fingerprint density at radius 2 is 2.10 bits per heavy atom. The van der Waals surface area contributed by atoms with Crippen molar-refractivity contribution in [1.29, 1.82) is 0 Å². The number of pyridine rings is 1. The van der Waals surface area contributed by atoms with Gasteiger partial charge in [0.05, 0.1) is 18.5 Å². The second-order valence-corrected chi connectivity index (χ2v) is 4.97. The zero-order chi connectivity index (χ0) is 14.8. The molecule has 3 rings (SSSR count). The number of aromatic nitrogens is 1. The van der Waals surface area contributed by atoms with Gasteiger partial charge in [0.2, 0.25) is 12.5 Å². The Bertz CT molecular complexity index is 671. The van der Waals surface area contributed by atoms with E-state index in [-0.39, 0.29) is 6.79 Å². The molecule has 0 bridgehead atoms. The number of rotatable bonds is 4. The van der Waals surface area contributed by atoms with E-state index in [1.165, 1.54) is 0 Å². The number of hydrogen-bond acceptors (Lipinski definition) is 5. The lowest BCUT2D eigenvalue weighted by molar-refractivity contribution is 0.171. The van der Waals surface area contributed by atoms with Crippen molar-refractivity contribution in [1.82, 2.24) is 4.98 Å². The number of fused-ring (bicyclic) bond motifs is 1. The minimum absolute atomic E-state index is 0.240. The number of anilines is 1. The summed E-state index contributed by atoms with van der Waals surface area (Å²) in [5, 5.41) is 3.38. The second-order valence-electron chi connectivity index (χ2n) is 4.97. The summed E-state index contributed by atoms with van der Waals surface area (Å²) in [5.41, 5.74) is 4.10. The van der Waals surface area contributed by atoms with E-state index >= 15 is 0 Å². The topological polar surface area (TPSA) is 52.6 Å². The smallest absolute Gasteiger partial charge is 0.231 e. The van der Waals surface area contributed by atoms with E-state index in [1.54, 1.807) is 7.11 Å². The molecule has 0 saturated carbocycles. The van der Waals surface area contributed by atoms with Gasteiger partial charge in [-0.15, -0.1) is 0 Å². The third-order valence-corrected chi connectivity index (χ3v) is 3.43. The molecule has 110 valence electrons. The van der Waals surface area contributed by atoms with Gasteiger partial charge in [0.15, 0.2) is 11.5 Å². The van der Waals surface area contributed by atoms with Gasteiger partial charge in [-0.1, -0.05) is 0 Å². The minimum Gasteiger partial charge on any atom is -0.493 e. The Morgan fingerprint density at radius 3 is 2.86 bits per heavy atom. The fourth-order valence-electron chi connectivity index (χ4n) is 2.36. The third kappa shape index (κ3) is 2.72. The molecule has 0 spiro atoms. The van der Waals surface area contributed by atoms with Crippen LogP contribution in [0.5, 0.6) is 17.2 Å².